The van der Waals surface area contributed by atoms with Crippen molar-refractivity contribution in [2.24, 2.45) is 5.73 Å². The van der Waals surface area contributed by atoms with Gasteiger partial charge in [-0.2, -0.15) is 0 Å². The lowest BCUT2D eigenvalue weighted by Crippen LogP contribution is -2.47. The fraction of sp³-hybridized carbons (Fsp3) is 1.00. The molecule has 0 heterocycles. The molecule has 2 unspecified atom stereocenters. The monoisotopic (exact) mass is 241 g/mol. The second kappa shape index (κ2) is 6.17. The van der Waals surface area contributed by atoms with Crippen LogP contribution in [0.1, 0.15) is 57.8 Å². The summed E-state index contributed by atoms with van der Waals surface area (Å²) in [6.07, 6.45) is 11.5. The summed E-state index contributed by atoms with van der Waals surface area (Å²) in [6.45, 7) is 0.744. The molecule has 3 nitrogen and oxygen atoms in total. The third-order valence-corrected chi connectivity index (χ3v) is 4.37. The molecular formula is C14H27NO2. The molecule has 0 spiro atoms. The van der Waals surface area contributed by atoms with Gasteiger partial charge in [-0.05, 0) is 38.5 Å². The third kappa shape index (κ3) is 3.94. The Balaban J connectivity index is 1.73. The van der Waals surface area contributed by atoms with Crippen LogP contribution >= 0.6 is 0 Å². The summed E-state index contributed by atoms with van der Waals surface area (Å²) in [4.78, 5) is 0. The van der Waals surface area contributed by atoms with E-state index < -0.39 is 0 Å². The molecule has 0 amide bonds. The van der Waals surface area contributed by atoms with Crippen molar-refractivity contribution in [1.29, 1.82) is 0 Å². The van der Waals surface area contributed by atoms with Gasteiger partial charge in [0.2, 0.25) is 0 Å². The topological polar surface area (TPSA) is 44.5 Å². The summed E-state index contributed by atoms with van der Waals surface area (Å²) in [5, 5.41) is 0. The highest BCUT2D eigenvalue weighted by Gasteiger charge is 2.30. The van der Waals surface area contributed by atoms with Gasteiger partial charge in [-0.1, -0.05) is 19.3 Å². The van der Waals surface area contributed by atoms with E-state index in [1.165, 1.54) is 38.5 Å². The van der Waals surface area contributed by atoms with E-state index in [-0.39, 0.29) is 5.54 Å². The van der Waals surface area contributed by atoms with E-state index in [9.17, 15) is 0 Å². The zero-order valence-electron chi connectivity index (χ0n) is 11.1. The van der Waals surface area contributed by atoms with Crippen LogP contribution in [-0.2, 0) is 9.47 Å². The van der Waals surface area contributed by atoms with Crippen molar-refractivity contribution in [3.8, 4) is 0 Å². The van der Waals surface area contributed by atoms with Crippen LogP contribution in [-0.4, -0.2) is 31.5 Å². The van der Waals surface area contributed by atoms with Crippen molar-refractivity contribution >= 4 is 0 Å². The molecule has 0 radical (unpaired) electrons. The SMILES string of the molecule is COC1CCCC(OCC2(N)CCCCC2)C1. The van der Waals surface area contributed by atoms with Crippen LogP contribution in [0.5, 0.6) is 0 Å². The van der Waals surface area contributed by atoms with Gasteiger partial charge < -0.3 is 15.2 Å². The molecule has 0 aromatic heterocycles. The highest BCUT2D eigenvalue weighted by Crippen LogP contribution is 2.28. The highest BCUT2D eigenvalue weighted by molar-refractivity contribution is 4.87. The lowest BCUT2D eigenvalue weighted by molar-refractivity contribution is -0.0483. The molecule has 3 heteroatoms. The van der Waals surface area contributed by atoms with Gasteiger partial charge in [0.25, 0.3) is 0 Å². The Bertz CT molecular complexity index is 226. The lowest BCUT2D eigenvalue weighted by Gasteiger charge is -2.36. The Morgan fingerprint density at radius 3 is 2.47 bits per heavy atom. The number of nitrogens with two attached hydrogens (primary N) is 1. The minimum Gasteiger partial charge on any atom is -0.381 e. The van der Waals surface area contributed by atoms with E-state index in [1.54, 1.807) is 7.11 Å². The maximum absolute atomic E-state index is 6.39. The summed E-state index contributed by atoms with van der Waals surface area (Å²) in [5.41, 5.74) is 6.34. The van der Waals surface area contributed by atoms with Crippen LogP contribution in [0.2, 0.25) is 0 Å². The molecule has 2 N–H and O–H groups in total. The molecule has 17 heavy (non-hydrogen) atoms. The van der Waals surface area contributed by atoms with E-state index in [0.717, 1.165) is 25.9 Å². The largest absolute Gasteiger partial charge is 0.381 e. The molecule has 2 saturated carbocycles. The van der Waals surface area contributed by atoms with Gasteiger partial charge in [0, 0.05) is 12.6 Å². The molecule has 0 aromatic carbocycles. The van der Waals surface area contributed by atoms with Crippen molar-refractivity contribution in [1.82, 2.24) is 0 Å². The predicted octanol–water partition coefficient (Wildman–Crippen LogP) is 2.62. The van der Waals surface area contributed by atoms with Crippen molar-refractivity contribution in [2.75, 3.05) is 13.7 Å². The van der Waals surface area contributed by atoms with Gasteiger partial charge in [-0.25, -0.2) is 0 Å². The molecule has 2 atom stereocenters. The second-order valence-corrected chi connectivity index (χ2v) is 5.88. The summed E-state index contributed by atoms with van der Waals surface area (Å²) in [5.74, 6) is 0. The van der Waals surface area contributed by atoms with Crippen molar-refractivity contribution in [3.63, 3.8) is 0 Å². The first kappa shape index (κ1) is 13.3. The standard InChI is InChI=1S/C14H27NO2/c1-16-12-6-5-7-13(10-12)17-11-14(15)8-3-2-4-9-14/h12-13H,2-11,15H2,1H3. The van der Waals surface area contributed by atoms with Gasteiger partial charge >= 0.3 is 0 Å². The van der Waals surface area contributed by atoms with Crippen molar-refractivity contribution in [2.45, 2.75) is 75.5 Å². The van der Waals surface area contributed by atoms with E-state index in [0.29, 0.717) is 12.2 Å². The minimum atomic E-state index is -0.0434. The predicted molar refractivity (Wildman–Crippen MR) is 69.0 cm³/mol. The summed E-state index contributed by atoms with van der Waals surface area (Å²) < 4.78 is 11.5. The molecule has 0 saturated heterocycles. The minimum absolute atomic E-state index is 0.0434. The zero-order valence-corrected chi connectivity index (χ0v) is 11.1. The van der Waals surface area contributed by atoms with Crippen LogP contribution in [0.15, 0.2) is 0 Å². The molecule has 2 aliphatic carbocycles. The van der Waals surface area contributed by atoms with Crippen LogP contribution in [0.3, 0.4) is 0 Å². The molecule has 2 fully saturated rings. The zero-order chi connectivity index (χ0) is 12.1. The van der Waals surface area contributed by atoms with E-state index in [1.807, 2.05) is 0 Å². The van der Waals surface area contributed by atoms with Crippen LogP contribution in [0, 0.1) is 0 Å². The average molecular weight is 241 g/mol. The van der Waals surface area contributed by atoms with Gasteiger partial charge in [-0.15, -0.1) is 0 Å². The number of hydrogen-bond donors (Lipinski definition) is 1. The Kier molecular flexibility index (Phi) is 4.83. The Hall–Kier alpha value is -0.120. The van der Waals surface area contributed by atoms with E-state index in [4.69, 9.17) is 15.2 Å². The van der Waals surface area contributed by atoms with E-state index >= 15 is 0 Å². The van der Waals surface area contributed by atoms with Gasteiger partial charge in [-0.3, -0.25) is 0 Å². The third-order valence-electron chi connectivity index (χ3n) is 4.37. The second-order valence-electron chi connectivity index (χ2n) is 5.88. The molecule has 0 aliphatic heterocycles. The normalized spacial score (nSPS) is 33.5. The first-order valence-electron chi connectivity index (χ1n) is 7.15. The molecular weight excluding hydrogens is 214 g/mol. The number of methoxy groups -OCH3 is 1. The first-order valence-corrected chi connectivity index (χ1v) is 7.15. The first-order chi connectivity index (χ1) is 8.22. The van der Waals surface area contributed by atoms with Gasteiger partial charge in [0.05, 0.1) is 18.8 Å². The molecule has 2 aliphatic rings. The molecule has 100 valence electrons. The van der Waals surface area contributed by atoms with Gasteiger partial charge in [0.15, 0.2) is 0 Å². The Labute approximate surface area is 105 Å². The molecule has 0 bridgehead atoms. The summed E-state index contributed by atoms with van der Waals surface area (Å²) in [7, 11) is 1.80. The smallest absolute Gasteiger partial charge is 0.0649 e. The highest BCUT2D eigenvalue weighted by atomic mass is 16.5. The van der Waals surface area contributed by atoms with Crippen LogP contribution in [0.4, 0.5) is 0 Å². The molecule has 0 aromatic rings. The van der Waals surface area contributed by atoms with Crippen LogP contribution in [0.25, 0.3) is 0 Å². The van der Waals surface area contributed by atoms with E-state index in [2.05, 4.69) is 0 Å². The number of ether oxygens (including phenoxy) is 2. The summed E-state index contributed by atoms with van der Waals surface area (Å²) in [6, 6.07) is 0. The summed E-state index contributed by atoms with van der Waals surface area (Å²) >= 11 is 0. The maximum Gasteiger partial charge on any atom is 0.0649 e. The lowest BCUT2D eigenvalue weighted by atomic mass is 9.83. The molecule has 2 rings (SSSR count). The fourth-order valence-electron chi connectivity index (χ4n) is 3.15. The van der Waals surface area contributed by atoms with Crippen molar-refractivity contribution < 1.29 is 9.47 Å². The fourth-order valence-corrected chi connectivity index (χ4v) is 3.15. The van der Waals surface area contributed by atoms with Crippen LogP contribution < -0.4 is 5.73 Å². The quantitative estimate of drug-likeness (QED) is 0.823. The average Bonchev–Trinajstić information content (AvgIpc) is 2.38. The number of rotatable bonds is 4. The Morgan fingerprint density at radius 1 is 1.06 bits per heavy atom. The number of hydrogen-bond acceptors (Lipinski definition) is 3. The van der Waals surface area contributed by atoms with Gasteiger partial charge in [0.1, 0.15) is 0 Å². The Morgan fingerprint density at radius 2 is 1.76 bits per heavy atom. The van der Waals surface area contributed by atoms with Crippen molar-refractivity contribution in [3.05, 3.63) is 0 Å². The maximum atomic E-state index is 6.39.